The molecule has 110 valence electrons. The zero-order valence-corrected chi connectivity index (χ0v) is 11.4. The zero-order chi connectivity index (χ0) is 15.4. The van der Waals surface area contributed by atoms with Crippen molar-refractivity contribution in [3.05, 3.63) is 58.8 Å². The Morgan fingerprint density at radius 2 is 2.14 bits per heavy atom. The number of carbonyl (C=O) groups is 2. The van der Waals surface area contributed by atoms with Gasteiger partial charge in [-0.25, -0.2) is 4.39 Å². The largest absolute Gasteiger partial charge is 0.481 e. The Labute approximate surface area is 124 Å². The molecule has 2 rings (SSSR count). The second-order valence-electron chi connectivity index (χ2n) is 4.31. The second kappa shape index (κ2) is 6.41. The molecule has 1 amide bonds. The zero-order valence-electron chi connectivity index (χ0n) is 10.7. The fraction of sp³-hybridized carbons (Fsp3) is 0.143. The molecule has 1 heterocycles. The molecule has 0 bridgehead atoms. The van der Waals surface area contributed by atoms with E-state index in [0.29, 0.717) is 5.56 Å². The molecule has 7 heteroatoms. The number of carboxylic acid groups (broad SMARTS) is 1. The summed E-state index contributed by atoms with van der Waals surface area (Å²) < 4.78 is 18.3. The average molecular weight is 312 g/mol. The summed E-state index contributed by atoms with van der Waals surface area (Å²) in [5.74, 6) is -2.31. The van der Waals surface area contributed by atoms with Crippen molar-refractivity contribution in [1.82, 2.24) is 5.32 Å². The van der Waals surface area contributed by atoms with Crippen LogP contribution in [0.4, 0.5) is 4.39 Å². The van der Waals surface area contributed by atoms with Crippen molar-refractivity contribution in [2.75, 3.05) is 0 Å². The maximum Gasteiger partial charge on any atom is 0.305 e. The quantitative estimate of drug-likeness (QED) is 0.889. The van der Waals surface area contributed by atoms with E-state index in [1.54, 1.807) is 0 Å². The number of carbonyl (C=O) groups excluding carboxylic acids is 1. The van der Waals surface area contributed by atoms with Crippen LogP contribution in [0, 0.1) is 5.82 Å². The molecule has 5 nitrogen and oxygen atoms in total. The number of rotatable bonds is 5. The van der Waals surface area contributed by atoms with Gasteiger partial charge >= 0.3 is 5.97 Å². The van der Waals surface area contributed by atoms with Crippen molar-refractivity contribution in [1.29, 1.82) is 0 Å². The van der Waals surface area contributed by atoms with Crippen molar-refractivity contribution in [3.63, 3.8) is 0 Å². The Bertz CT molecular complexity index is 657. The van der Waals surface area contributed by atoms with Gasteiger partial charge in [0.1, 0.15) is 12.1 Å². The number of furan rings is 1. The molecule has 1 atom stereocenters. The van der Waals surface area contributed by atoms with E-state index in [1.165, 1.54) is 30.7 Å². The molecule has 2 aromatic rings. The van der Waals surface area contributed by atoms with Crippen molar-refractivity contribution in [2.45, 2.75) is 12.5 Å². The highest BCUT2D eigenvalue weighted by Gasteiger charge is 2.20. The van der Waals surface area contributed by atoms with Crippen molar-refractivity contribution < 1.29 is 23.5 Å². The number of hydrogen-bond donors (Lipinski definition) is 2. The van der Waals surface area contributed by atoms with Gasteiger partial charge in [-0.05, 0) is 23.8 Å². The molecule has 1 aromatic heterocycles. The minimum atomic E-state index is -1.12. The molecule has 21 heavy (non-hydrogen) atoms. The number of nitrogens with one attached hydrogen (secondary N) is 1. The lowest BCUT2D eigenvalue weighted by Gasteiger charge is -2.17. The SMILES string of the molecule is O=C(O)C[C@H](NC(=O)c1ccoc1)c1ccc(Cl)c(F)c1. The van der Waals surface area contributed by atoms with Crippen LogP contribution in [0.1, 0.15) is 28.4 Å². The average Bonchev–Trinajstić information content (AvgIpc) is 2.94. The molecule has 0 aliphatic carbocycles. The predicted molar refractivity (Wildman–Crippen MR) is 72.6 cm³/mol. The van der Waals surface area contributed by atoms with Crippen LogP contribution in [-0.2, 0) is 4.79 Å². The molecule has 0 aliphatic rings. The van der Waals surface area contributed by atoms with Crippen LogP contribution < -0.4 is 5.32 Å². The van der Waals surface area contributed by atoms with Gasteiger partial charge in [0.25, 0.3) is 5.91 Å². The maximum absolute atomic E-state index is 13.5. The van der Waals surface area contributed by atoms with E-state index in [1.807, 2.05) is 0 Å². The third-order valence-corrected chi connectivity index (χ3v) is 3.12. The summed E-state index contributed by atoms with van der Waals surface area (Å²) in [7, 11) is 0. The first-order valence-corrected chi connectivity index (χ1v) is 6.35. The van der Waals surface area contributed by atoms with Gasteiger partial charge < -0.3 is 14.8 Å². The lowest BCUT2D eigenvalue weighted by atomic mass is 10.0. The third kappa shape index (κ3) is 3.82. The summed E-state index contributed by atoms with van der Waals surface area (Å²) in [4.78, 5) is 22.9. The lowest BCUT2D eigenvalue weighted by molar-refractivity contribution is -0.137. The van der Waals surface area contributed by atoms with Gasteiger partial charge in [-0.3, -0.25) is 9.59 Å². The van der Waals surface area contributed by atoms with Gasteiger partial charge in [0.15, 0.2) is 0 Å². The number of aliphatic carboxylic acids is 1. The smallest absolute Gasteiger partial charge is 0.305 e. The number of amides is 1. The van der Waals surface area contributed by atoms with Gasteiger partial charge in [0, 0.05) is 0 Å². The van der Waals surface area contributed by atoms with E-state index < -0.39 is 23.7 Å². The Kier molecular flexibility index (Phi) is 4.59. The molecule has 1 aromatic carbocycles. The second-order valence-corrected chi connectivity index (χ2v) is 4.72. The van der Waals surface area contributed by atoms with E-state index in [-0.39, 0.29) is 17.0 Å². The van der Waals surface area contributed by atoms with Crippen molar-refractivity contribution >= 4 is 23.5 Å². The first-order chi connectivity index (χ1) is 9.97. The standard InChI is InChI=1S/C14H11ClFNO4/c15-10-2-1-8(5-11(10)16)12(6-13(18)19)17-14(20)9-3-4-21-7-9/h1-5,7,12H,6H2,(H,17,20)(H,18,19)/t12-/m0/s1. The van der Waals surface area contributed by atoms with E-state index in [2.05, 4.69) is 5.32 Å². The highest BCUT2D eigenvalue weighted by molar-refractivity contribution is 6.30. The number of halogens is 2. The predicted octanol–water partition coefficient (Wildman–Crippen LogP) is 3.02. The Morgan fingerprint density at radius 3 is 2.71 bits per heavy atom. The molecule has 0 unspecified atom stereocenters. The topological polar surface area (TPSA) is 79.5 Å². The molecule has 0 fully saturated rings. The minimum Gasteiger partial charge on any atom is -0.481 e. The summed E-state index contributed by atoms with van der Waals surface area (Å²) >= 11 is 5.59. The fourth-order valence-electron chi connectivity index (χ4n) is 1.79. The van der Waals surface area contributed by atoms with Crippen LogP contribution in [0.3, 0.4) is 0 Å². The van der Waals surface area contributed by atoms with Gasteiger partial charge in [0.05, 0.1) is 29.3 Å². The first-order valence-electron chi connectivity index (χ1n) is 5.97. The Hall–Kier alpha value is -2.34. The van der Waals surface area contributed by atoms with Crippen LogP contribution >= 0.6 is 11.6 Å². The van der Waals surface area contributed by atoms with E-state index in [4.69, 9.17) is 21.1 Å². The molecular weight excluding hydrogens is 301 g/mol. The van der Waals surface area contributed by atoms with E-state index in [0.717, 1.165) is 6.07 Å². The third-order valence-electron chi connectivity index (χ3n) is 2.81. The van der Waals surface area contributed by atoms with E-state index >= 15 is 0 Å². The van der Waals surface area contributed by atoms with Gasteiger partial charge in [-0.15, -0.1) is 0 Å². The van der Waals surface area contributed by atoms with Crippen LogP contribution in [0.15, 0.2) is 41.2 Å². The van der Waals surface area contributed by atoms with E-state index in [9.17, 15) is 14.0 Å². The molecule has 2 N–H and O–H groups in total. The summed E-state index contributed by atoms with van der Waals surface area (Å²) in [5.41, 5.74) is 0.566. The molecule has 0 spiro atoms. The summed E-state index contributed by atoms with van der Waals surface area (Å²) in [6, 6.07) is 4.44. The highest BCUT2D eigenvalue weighted by atomic mass is 35.5. The summed E-state index contributed by atoms with van der Waals surface area (Å²) in [6.45, 7) is 0. The van der Waals surface area contributed by atoms with Gasteiger partial charge in [-0.1, -0.05) is 17.7 Å². The monoisotopic (exact) mass is 311 g/mol. The molecule has 0 saturated carbocycles. The van der Waals surface area contributed by atoms with Crippen molar-refractivity contribution in [3.8, 4) is 0 Å². The Morgan fingerprint density at radius 1 is 1.38 bits per heavy atom. The normalized spacial score (nSPS) is 11.9. The lowest BCUT2D eigenvalue weighted by Crippen LogP contribution is -2.30. The number of hydrogen-bond acceptors (Lipinski definition) is 3. The van der Waals surface area contributed by atoms with Crippen LogP contribution in [0.5, 0.6) is 0 Å². The number of benzene rings is 1. The van der Waals surface area contributed by atoms with Gasteiger partial charge in [-0.2, -0.15) is 0 Å². The van der Waals surface area contributed by atoms with Crippen LogP contribution in [0.25, 0.3) is 0 Å². The van der Waals surface area contributed by atoms with Crippen molar-refractivity contribution in [2.24, 2.45) is 0 Å². The minimum absolute atomic E-state index is 0.0750. The number of carboxylic acids is 1. The molecular formula is C14H11ClFNO4. The van der Waals surface area contributed by atoms with Crippen LogP contribution in [-0.4, -0.2) is 17.0 Å². The summed E-state index contributed by atoms with van der Waals surface area (Å²) in [5, 5.41) is 11.4. The fourth-order valence-corrected chi connectivity index (χ4v) is 1.91. The molecule has 0 aliphatic heterocycles. The molecule has 0 saturated heterocycles. The molecule has 0 radical (unpaired) electrons. The summed E-state index contributed by atoms with van der Waals surface area (Å²) in [6.07, 6.45) is 2.17. The first kappa shape index (κ1) is 15.1. The van der Waals surface area contributed by atoms with Crippen LogP contribution in [0.2, 0.25) is 5.02 Å². The highest BCUT2D eigenvalue weighted by Crippen LogP contribution is 2.23. The Balaban J connectivity index is 2.23. The van der Waals surface area contributed by atoms with Gasteiger partial charge in [0.2, 0.25) is 0 Å². The maximum atomic E-state index is 13.5.